The number of allylic oxidation sites excluding steroid dienone is 3. The molecule has 4 aliphatic heterocycles. The molecule has 0 amide bonds. The number of fused-ring (bicyclic) bond motifs is 7. The highest BCUT2D eigenvalue weighted by Crippen LogP contribution is 2.76. The fourth-order valence-corrected chi connectivity index (χ4v) is 17.2. The standard InChI is InChI=1S/C58H92O25/c1-11-23(2)48(74)79-41-24(3)75-49(39(69)36(41)66)83-46-45(71)58(22-61)26(18-53(46,4)5)25-12-13-30-55(8)16-15-32(54(6,7)29(55)14-17-56(30,9)57(25,10)19-31(58)62)78-52-44(82-51-38(68)35(65)33(63)27(20-59)76-51)42(40(70)43(81-52)47(72)73)80-50-37(67)34(64)28(21-60)77-50/h11-12,24,26-46,49-52,59-71H,13-22H2,1-10H3,(H,72,73)/b23-11-/t24-,26?,27+,28-,29?,30?,31+,32-,33-,34-,35-,36-,37+,38+,39+,40-,41-,42-,43-,44+,45-,46-,49-,50-,51-,52+,55-,56+,57+,58-/m0/s1. The first-order valence-corrected chi connectivity index (χ1v) is 29.4. The maximum atomic E-state index is 12.9. The predicted octanol–water partition coefficient (Wildman–Crippen LogP) is -1.37. The van der Waals surface area contributed by atoms with E-state index in [9.17, 15) is 81.1 Å². The molecule has 0 aromatic carbocycles. The molecule has 25 nitrogen and oxygen atoms in total. The molecular formula is C58H92O25. The normalized spacial score (nSPS) is 52.3. The lowest BCUT2D eigenvalue weighted by molar-refractivity contribution is -0.386. The molecule has 4 saturated heterocycles. The lowest BCUT2D eigenvalue weighted by atomic mass is 9.33. The van der Waals surface area contributed by atoms with Gasteiger partial charge in [-0.05, 0) is 111 Å². The number of aliphatic carboxylic acids is 1. The van der Waals surface area contributed by atoms with Gasteiger partial charge in [-0.15, -0.1) is 0 Å². The van der Waals surface area contributed by atoms with Crippen LogP contribution in [0, 0.1) is 50.2 Å². The Labute approximate surface area is 483 Å². The summed E-state index contributed by atoms with van der Waals surface area (Å²) < 4.78 is 54.6. The van der Waals surface area contributed by atoms with Gasteiger partial charge in [-0.2, -0.15) is 0 Å². The number of ether oxygens (including phenoxy) is 9. The molecule has 0 aromatic heterocycles. The number of rotatable bonds is 14. The zero-order valence-electron chi connectivity index (χ0n) is 49.0. The zero-order chi connectivity index (χ0) is 61.2. The number of carboxylic acid groups (broad SMARTS) is 1. The summed E-state index contributed by atoms with van der Waals surface area (Å²) in [5.74, 6) is -2.94. The Bertz CT molecular complexity index is 2400. The SMILES string of the molecule is C/C=C(/C)C(=O)O[C@@H]1[C@@H](O)[C@@H](O)[C@H](O[C@H]2[C@H](O)[C@@]3(CO)C(CC2(C)C)C2=CCC4[C@@]5(C)CC[C@H](O[C@@H]6O[C@H](C(=O)O)[C@@H](O)[C@H](O[C@@H]7O[C@@H](CO)[C@H](O)[C@H]7O)[C@H]6O[C@@H]6O[C@H](CO)[C@H](O)[C@H](O)[C@H]6O)C(C)(C)C5CC[C@@]4(C)[C@]2(C)C[C@H]3O)O[C@H]1C. The first kappa shape index (κ1) is 65.0. The van der Waals surface area contributed by atoms with Gasteiger partial charge in [0.15, 0.2) is 37.4 Å². The number of carboxylic acids is 1. The van der Waals surface area contributed by atoms with Crippen LogP contribution in [-0.2, 0) is 52.2 Å². The Morgan fingerprint density at radius 3 is 1.82 bits per heavy atom. The smallest absolute Gasteiger partial charge is 0.335 e. The van der Waals surface area contributed by atoms with Crippen molar-refractivity contribution in [1.29, 1.82) is 0 Å². The number of aliphatic hydroxyl groups is 13. The second kappa shape index (κ2) is 23.5. The quantitative estimate of drug-likeness (QED) is 0.0413. The van der Waals surface area contributed by atoms with Gasteiger partial charge in [0.05, 0.1) is 55.8 Å². The molecule has 5 aliphatic carbocycles. The monoisotopic (exact) mass is 1190 g/mol. The van der Waals surface area contributed by atoms with Crippen LogP contribution in [0.25, 0.3) is 0 Å². The van der Waals surface area contributed by atoms with Crippen molar-refractivity contribution < 1.29 is 124 Å². The van der Waals surface area contributed by atoms with Gasteiger partial charge < -0.3 is 114 Å². The molecule has 83 heavy (non-hydrogen) atoms. The summed E-state index contributed by atoms with van der Waals surface area (Å²) in [6.45, 7) is 17.2. The first-order valence-electron chi connectivity index (χ1n) is 29.4. The average molecular weight is 1190 g/mol. The second-order valence-corrected chi connectivity index (χ2v) is 27.4. The highest BCUT2D eigenvalue weighted by atomic mass is 16.8. The lowest BCUT2D eigenvalue weighted by Gasteiger charge is -2.72. The van der Waals surface area contributed by atoms with Crippen molar-refractivity contribution in [2.24, 2.45) is 50.2 Å². The van der Waals surface area contributed by atoms with Gasteiger partial charge in [0.1, 0.15) is 73.2 Å². The number of hydrogen-bond acceptors (Lipinski definition) is 24. The molecule has 9 aliphatic rings. The van der Waals surface area contributed by atoms with E-state index in [1.807, 2.05) is 27.7 Å². The van der Waals surface area contributed by atoms with Gasteiger partial charge in [0, 0.05) is 5.57 Å². The second-order valence-electron chi connectivity index (χ2n) is 27.4. The third-order valence-corrected chi connectivity index (χ3v) is 22.4. The average Bonchev–Trinajstić information content (AvgIpc) is 0.976. The summed E-state index contributed by atoms with van der Waals surface area (Å²) in [5, 5.41) is 156. The Kier molecular flexibility index (Phi) is 18.4. The zero-order valence-corrected chi connectivity index (χ0v) is 49.0. The minimum absolute atomic E-state index is 0.00553. The van der Waals surface area contributed by atoms with Crippen molar-refractivity contribution in [2.75, 3.05) is 19.8 Å². The summed E-state index contributed by atoms with van der Waals surface area (Å²) in [6.07, 6.45) is -29.6. The fourth-order valence-electron chi connectivity index (χ4n) is 17.2. The molecule has 4 saturated carbocycles. The topological polar surface area (TPSA) is 400 Å². The molecule has 14 N–H and O–H groups in total. The Morgan fingerprint density at radius 1 is 0.651 bits per heavy atom. The first-order chi connectivity index (χ1) is 38.7. The van der Waals surface area contributed by atoms with Crippen LogP contribution in [-0.4, -0.2) is 244 Å². The van der Waals surface area contributed by atoms with Gasteiger partial charge in [-0.1, -0.05) is 66.2 Å². The third-order valence-electron chi connectivity index (χ3n) is 22.4. The maximum Gasteiger partial charge on any atom is 0.335 e. The number of esters is 1. The Balaban J connectivity index is 0.980. The molecule has 25 heteroatoms. The van der Waals surface area contributed by atoms with Crippen molar-refractivity contribution in [3.05, 3.63) is 23.3 Å². The Hall–Kier alpha value is -2.42. The van der Waals surface area contributed by atoms with Gasteiger partial charge in [-0.3, -0.25) is 0 Å². The molecule has 30 atom stereocenters. The van der Waals surface area contributed by atoms with Crippen molar-refractivity contribution in [2.45, 2.75) is 255 Å². The van der Waals surface area contributed by atoms with Gasteiger partial charge in [0.2, 0.25) is 0 Å². The van der Waals surface area contributed by atoms with E-state index in [0.29, 0.717) is 44.1 Å². The predicted molar refractivity (Wildman–Crippen MR) is 283 cm³/mol. The highest BCUT2D eigenvalue weighted by molar-refractivity contribution is 5.87. The molecule has 8 fully saturated rings. The molecule has 0 bridgehead atoms. The van der Waals surface area contributed by atoms with E-state index in [4.69, 9.17) is 42.6 Å². The molecule has 0 aromatic rings. The molecule has 4 heterocycles. The maximum absolute atomic E-state index is 12.9. The van der Waals surface area contributed by atoms with E-state index in [1.165, 1.54) is 0 Å². The van der Waals surface area contributed by atoms with Crippen LogP contribution in [0.15, 0.2) is 23.3 Å². The van der Waals surface area contributed by atoms with Gasteiger partial charge in [-0.25, -0.2) is 9.59 Å². The fraction of sp³-hybridized carbons (Fsp3) is 0.897. The summed E-state index contributed by atoms with van der Waals surface area (Å²) in [6, 6.07) is 0. The van der Waals surface area contributed by atoms with Crippen LogP contribution < -0.4 is 0 Å². The van der Waals surface area contributed by atoms with Gasteiger partial charge >= 0.3 is 11.9 Å². The van der Waals surface area contributed by atoms with E-state index in [0.717, 1.165) is 5.57 Å². The largest absolute Gasteiger partial charge is 0.479 e. The minimum atomic E-state index is -2.11. The summed E-state index contributed by atoms with van der Waals surface area (Å²) in [5.41, 5.74) is -3.33. The summed E-state index contributed by atoms with van der Waals surface area (Å²) in [7, 11) is 0. The van der Waals surface area contributed by atoms with Crippen molar-refractivity contribution in [1.82, 2.24) is 0 Å². The number of carbonyl (C=O) groups excluding carboxylic acids is 1. The van der Waals surface area contributed by atoms with Crippen molar-refractivity contribution in [3.8, 4) is 0 Å². The van der Waals surface area contributed by atoms with E-state index in [1.54, 1.807) is 26.8 Å². The van der Waals surface area contributed by atoms with Crippen LogP contribution in [0.4, 0.5) is 0 Å². The summed E-state index contributed by atoms with van der Waals surface area (Å²) in [4.78, 5) is 25.5. The van der Waals surface area contributed by atoms with E-state index >= 15 is 0 Å². The van der Waals surface area contributed by atoms with Crippen LogP contribution in [0.2, 0.25) is 0 Å². The lowest BCUT2D eigenvalue weighted by Crippen LogP contribution is -2.72. The van der Waals surface area contributed by atoms with Crippen LogP contribution in [0.1, 0.15) is 114 Å². The molecular weight excluding hydrogens is 1100 g/mol. The van der Waals surface area contributed by atoms with Crippen LogP contribution in [0.3, 0.4) is 0 Å². The van der Waals surface area contributed by atoms with Crippen molar-refractivity contribution >= 4 is 11.9 Å². The van der Waals surface area contributed by atoms with Crippen LogP contribution >= 0.6 is 0 Å². The molecule has 0 radical (unpaired) electrons. The molecule has 3 unspecified atom stereocenters. The number of aliphatic hydroxyl groups excluding tert-OH is 13. The van der Waals surface area contributed by atoms with E-state index < -0.39 is 211 Å². The molecule has 9 rings (SSSR count). The molecule has 0 spiro atoms. The third kappa shape index (κ3) is 10.4. The highest BCUT2D eigenvalue weighted by Gasteiger charge is 2.73. The van der Waals surface area contributed by atoms with Gasteiger partial charge in [0.25, 0.3) is 0 Å². The van der Waals surface area contributed by atoms with E-state index in [2.05, 4.69) is 26.8 Å². The minimum Gasteiger partial charge on any atom is -0.479 e. The number of hydrogen-bond donors (Lipinski definition) is 14. The number of carbonyl (C=O) groups is 2. The van der Waals surface area contributed by atoms with Crippen molar-refractivity contribution in [3.63, 3.8) is 0 Å². The Morgan fingerprint density at radius 2 is 1.23 bits per heavy atom. The van der Waals surface area contributed by atoms with Crippen LogP contribution in [0.5, 0.6) is 0 Å². The molecule has 474 valence electrons. The summed E-state index contributed by atoms with van der Waals surface area (Å²) >= 11 is 0. The van der Waals surface area contributed by atoms with E-state index in [-0.39, 0.29) is 18.3 Å².